The maximum Gasteiger partial charge on any atom is 0.306 e. The number of likely N-dealkylation sites (N-methyl/N-ethyl adjacent to an activating group) is 1. The average molecular weight is 848 g/mol. The molecule has 0 N–H and O–H groups in total. The van der Waals surface area contributed by atoms with Crippen LogP contribution in [0.1, 0.15) is 174 Å². The highest BCUT2D eigenvalue weighted by Crippen LogP contribution is 2.38. The average Bonchev–Trinajstić information content (AvgIpc) is 3.19. The minimum absolute atomic E-state index is 0.0466. The van der Waals surface area contributed by atoms with Crippen molar-refractivity contribution in [1.29, 1.82) is 0 Å². The molecule has 0 bridgehead atoms. The summed E-state index contributed by atoms with van der Waals surface area (Å²) in [6.07, 6.45) is 50.9. The van der Waals surface area contributed by atoms with Crippen LogP contribution in [0.25, 0.3) is 0 Å². The molecule has 340 valence electrons. The Kier molecular flexibility index (Phi) is 39.1. The van der Waals surface area contributed by atoms with E-state index < -0.39 is 32.5 Å². The van der Waals surface area contributed by atoms with E-state index in [0.717, 1.165) is 57.8 Å². The summed E-state index contributed by atoms with van der Waals surface area (Å²) in [4.78, 5) is 37.6. The van der Waals surface area contributed by atoms with E-state index >= 15 is 0 Å². The van der Waals surface area contributed by atoms with Gasteiger partial charge in [-0.1, -0.05) is 183 Å². The first kappa shape index (κ1) is 56.5. The monoisotopic (exact) mass is 848 g/mol. The van der Waals surface area contributed by atoms with Crippen molar-refractivity contribution in [2.24, 2.45) is 0 Å². The lowest BCUT2D eigenvalue weighted by atomic mass is 10.0. The van der Waals surface area contributed by atoms with Gasteiger partial charge in [0.25, 0.3) is 7.82 Å². The molecular formula is C49H86NO8P. The molecule has 0 aliphatic rings. The summed E-state index contributed by atoms with van der Waals surface area (Å²) in [5, 5.41) is 0. The largest absolute Gasteiger partial charge is 0.756 e. The molecule has 0 aromatic carbocycles. The lowest BCUT2D eigenvalue weighted by Gasteiger charge is -2.28. The summed E-state index contributed by atoms with van der Waals surface area (Å²) >= 11 is 0. The highest BCUT2D eigenvalue weighted by Gasteiger charge is 2.21. The molecule has 1 unspecified atom stereocenters. The Bertz CT molecular complexity index is 1230. The number of hydrogen-bond acceptors (Lipinski definition) is 8. The normalized spacial score (nSPS) is 14.2. The summed E-state index contributed by atoms with van der Waals surface area (Å²) in [5.41, 5.74) is 0. The number of phosphoric acid groups is 1. The van der Waals surface area contributed by atoms with Crippen LogP contribution in [0, 0.1) is 0 Å². The van der Waals surface area contributed by atoms with Crippen molar-refractivity contribution in [3.05, 3.63) is 72.9 Å². The van der Waals surface area contributed by atoms with E-state index in [-0.39, 0.29) is 26.1 Å². The van der Waals surface area contributed by atoms with Gasteiger partial charge in [-0.3, -0.25) is 14.2 Å². The van der Waals surface area contributed by atoms with Crippen LogP contribution in [-0.2, 0) is 32.7 Å². The SMILES string of the molecule is CC/C=C/C/C=C/C/C=C/C/C=C/C/C=C/C/C=C/CCC(=O)O[C@H](COC(=O)CCCCCCCCCCCCCCCCCC)COP(=O)([O-])OCC[N+](C)(C)C. The molecule has 0 heterocycles. The quantitative estimate of drug-likeness (QED) is 0.0197. The van der Waals surface area contributed by atoms with Crippen LogP contribution >= 0.6 is 7.82 Å². The van der Waals surface area contributed by atoms with Gasteiger partial charge in [0.1, 0.15) is 19.8 Å². The van der Waals surface area contributed by atoms with Gasteiger partial charge in [0.05, 0.1) is 27.7 Å². The molecule has 2 atom stereocenters. The van der Waals surface area contributed by atoms with E-state index in [4.69, 9.17) is 18.5 Å². The number of unbranched alkanes of at least 4 members (excludes halogenated alkanes) is 15. The van der Waals surface area contributed by atoms with Crippen molar-refractivity contribution >= 4 is 19.8 Å². The molecule has 9 nitrogen and oxygen atoms in total. The molecule has 0 rings (SSSR count). The van der Waals surface area contributed by atoms with Crippen LogP contribution in [0.5, 0.6) is 0 Å². The van der Waals surface area contributed by atoms with Gasteiger partial charge in [0.2, 0.25) is 0 Å². The van der Waals surface area contributed by atoms with Gasteiger partial charge >= 0.3 is 11.9 Å². The Morgan fingerprint density at radius 2 is 0.966 bits per heavy atom. The molecule has 0 saturated carbocycles. The number of ether oxygens (including phenoxy) is 2. The highest BCUT2D eigenvalue weighted by atomic mass is 31.2. The standard InChI is InChI=1S/C49H86NO8P/c1-6-8-10-12-14-16-18-20-22-24-25-26-28-30-32-34-36-38-40-42-49(52)58-47(46-57-59(53,54)56-44-43-50(3,4)5)45-55-48(51)41-39-37-35-33-31-29-27-23-21-19-17-15-13-11-9-7-2/h8,10,14,16,20,22,25-26,30,32,36,38,47H,6-7,9,11-13,15,17-19,21,23-24,27-29,31,33-35,37,39-46H2,1-5H3/b10-8+,16-14+,22-20+,26-25+,32-30+,38-36+/t47-/m1/s1. The number of quaternary nitrogens is 1. The fourth-order valence-corrected chi connectivity index (χ4v) is 6.64. The van der Waals surface area contributed by atoms with Crippen molar-refractivity contribution in [3.63, 3.8) is 0 Å². The number of nitrogens with zero attached hydrogens (tertiary/aromatic N) is 1. The van der Waals surface area contributed by atoms with Crippen LogP contribution in [-0.4, -0.2) is 70.0 Å². The number of carbonyl (C=O) groups excluding carboxylic acids is 2. The van der Waals surface area contributed by atoms with Crippen molar-refractivity contribution < 1.29 is 42.1 Å². The van der Waals surface area contributed by atoms with Crippen LogP contribution in [0.4, 0.5) is 0 Å². The zero-order valence-electron chi connectivity index (χ0n) is 38.2. The summed E-state index contributed by atoms with van der Waals surface area (Å²) in [5.74, 6) is -0.933. The van der Waals surface area contributed by atoms with Gasteiger partial charge < -0.3 is 27.9 Å². The van der Waals surface area contributed by atoms with Gasteiger partial charge in [-0.25, -0.2) is 0 Å². The van der Waals surface area contributed by atoms with Crippen LogP contribution in [0.2, 0.25) is 0 Å². The number of carbonyl (C=O) groups is 2. The van der Waals surface area contributed by atoms with Crippen molar-refractivity contribution in [3.8, 4) is 0 Å². The third-order valence-corrected chi connectivity index (χ3v) is 10.5. The lowest BCUT2D eigenvalue weighted by molar-refractivity contribution is -0.870. The van der Waals surface area contributed by atoms with Gasteiger partial charge in [-0.15, -0.1) is 0 Å². The maximum absolute atomic E-state index is 12.7. The Labute approximate surface area is 361 Å². The van der Waals surface area contributed by atoms with Crippen molar-refractivity contribution in [2.75, 3.05) is 47.5 Å². The summed E-state index contributed by atoms with van der Waals surface area (Å²) in [6, 6.07) is 0. The van der Waals surface area contributed by atoms with Gasteiger partial charge in [-0.05, 0) is 51.4 Å². The number of allylic oxidation sites excluding steroid dienone is 12. The first-order chi connectivity index (χ1) is 28.5. The Hall–Kier alpha value is -2.55. The minimum atomic E-state index is -4.65. The maximum atomic E-state index is 12.7. The molecule has 0 aliphatic heterocycles. The van der Waals surface area contributed by atoms with E-state index in [2.05, 4.69) is 74.6 Å². The second-order valence-electron chi connectivity index (χ2n) is 16.4. The molecule has 10 heteroatoms. The van der Waals surface area contributed by atoms with Crippen LogP contribution in [0.3, 0.4) is 0 Å². The smallest absolute Gasteiger partial charge is 0.306 e. The van der Waals surface area contributed by atoms with Gasteiger partial charge in [-0.2, -0.15) is 0 Å². The number of phosphoric ester groups is 1. The Balaban J connectivity index is 4.46. The molecule has 0 aromatic heterocycles. The molecule has 59 heavy (non-hydrogen) atoms. The van der Waals surface area contributed by atoms with E-state index in [1.165, 1.54) is 83.5 Å². The second-order valence-corrected chi connectivity index (χ2v) is 17.8. The number of hydrogen-bond donors (Lipinski definition) is 0. The number of rotatable bonds is 41. The van der Waals surface area contributed by atoms with Gasteiger partial charge in [0.15, 0.2) is 6.10 Å². The topological polar surface area (TPSA) is 111 Å². The van der Waals surface area contributed by atoms with E-state index in [9.17, 15) is 19.0 Å². The molecule has 0 saturated heterocycles. The molecule has 0 aromatic rings. The summed E-state index contributed by atoms with van der Waals surface area (Å²) in [6.45, 7) is 4.03. The zero-order chi connectivity index (χ0) is 43.6. The van der Waals surface area contributed by atoms with Crippen molar-refractivity contribution in [1.82, 2.24) is 0 Å². The minimum Gasteiger partial charge on any atom is -0.756 e. The Morgan fingerprint density at radius 3 is 1.41 bits per heavy atom. The fourth-order valence-electron chi connectivity index (χ4n) is 5.92. The zero-order valence-corrected chi connectivity index (χ0v) is 39.1. The van der Waals surface area contributed by atoms with E-state index in [1.54, 1.807) is 0 Å². The van der Waals surface area contributed by atoms with Crippen LogP contribution < -0.4 is 4.89 Å². The second kappa shape index (κ2) is 40.8. The third kappa shape index (κ3) is 44.8. The van der Waals surface area contributed by atoms with Gasteiger partial charge in [0, 0.05) is 12.8 Å². The predicted molar refractivity (Wildman–Crippen MR) is 245 cm³/mol. The Morgan fingerprint density at radius 1 is 0.542 bits per heavy atom. The molecule has 0 radical (unpaired) electrons. The molecule has 0 aliphatic carbocycles. The molecular weight excluding hydrogens is 762 g/mol. The first-order valence-electron chi connectivity index (χ1n) is 23.1. The third-order valence-electron chi connectivity index (χ3n) is 9.50. The predicted octanol–water partition coefficient (Wildman–Crippen LogP) is 12.8. The fraction of sp³-hybridized carbons (Fsp3) is 0.714. The number of esters is 2. The summed E-state index contributed by atoms with van der Waals surface area (Å²) < 4.78 is 33.8. The van der Waals surface area contributed by atoms with E-state index in [0.29, 0.717) is 17.4 Å². The lowest BCUT2D eigenvalue weighted by Crippen LogP contribution is -2.37. The molecule has 0 spiro atoms. The first-order valence-corrected chi connectivity index (χ1v) is 24.6. The molecule has 0 amide bonds. The molecule has 0 fully saturated rings. The summed E-state index contributed by atoms with van der Waals surface area (Å²) in [7, 11) is 1.11. The van der Waals surface area contributed by atoms with Crippen LogP contribution in [0.15, 0.2) is 72.9 Å². The van der Waals surface area contributed by atoms with Crippen molar-refractivity contribution in [2.45, 2.75) is 180 Å². The highest BCUT2D eigenvalue weighted by molar-refractivity contribution is 7.45. The van der Waals surface area contributed by atoms with E-state index in [1.807, 2.05) is 33.3 Å².